The van der Waals surface area contributed by atoms with E-state index in [1.165, 1.54) is 13.0 Å². The van der Waals surface area contributed by atoms with Crippen molar-refractivity contribution in [3.05, 3.63) is 64.5 Å². The van der Waals surface area contributed by atoms with Crippen LogP contribution in [0.15, 0.2) is 36.4 Å². The number of ether oxygens (including phenoxy) is 3. The Kier molecular flexibility index (Phi) is 6.02. The van der Waals surface area contributed by atoms with Crippen molar-refractivity contribution in [3.8, 4) is 5.75 Å². The highest BCUT2D eigenvalue weighted by molar-refractivity contribution is 5.40. The van der Waals surface area contributed by atoms with Crippen LogP contribution in [-0.2, 0) is 21.7 Å². The smallest absolute Gasteiger partial charge is 0.225 e. The van der Waals surface area contributed by atoms with Crippen molar-refractivity contribution in [1.82, 2.24) is 0 Å². The minimum Gasteiger partial charge on any atom is -0.491 e. The molecule has 3 N–H and O–H groups in total. The van der Waals surface area contributed by atoms with E-state index in [-0.39, 0.29) is 12.4 Å². The van der Waals surface area contributed by atoms with Gasteiger partial charge in [-0.25, -0.2) is 8.78 Å². The highest BCUT2D eigenvalue weighted by Gasteiger charge is 2.69. The summed E-state index contributed by atoms with van der Waals surface area (Å²) in [5, 5.41) is 31.6. The monoisotopic (exact) mass is 450 g/mol. The van der Waals surface area contributed by atoms with Crippen LogP contribution in [0.4, 0.5) is 8.78 Å². The standard InChI is InChI=1S/C24H28F2O6/c1-4-30-19-8-6-15(10-18(19)26)9-16-11-17(7-5-13(16)2)24-22(29)20(27)21(28)23(32-24,12-31-24)14(3)25/h5-8,10-11,14,20-22,27-29H,4,9,12H2,1-3H3/t14-,20+,21+,22-,23-,24+/m1/s1. The number of aliphatic hydroxyl groups is 3. The Balaban J connectivity index is 1.69. The highest BCUT2D eigenvalue weighted by Crippen LogP contribution is 2.51. The van der Waals surface area contributed by atoms with Crippen molar-refractivity contribution >= 4 is 0 Å². The van der Waals surface area contributed by atoms with Gasteiger partial charge in [-0.05, 0) is 62.1 Å². The summed E-state index contributed by atoms with van der Waals surface area (Å²) >= 11 is 0. The molecular formula is C24H28F2O6. The van der Waals surface area contributed by atoms with Crippen LogP contribution in [0.1, 0.15) is 36.1 Å². The first kappa shape index (κ1) is 23.1. The molecule has 0 spiro atoms. The van der Waals surface area contributed by atoms with E-state index in [1.54, 1.807) is 37.3 Å². The van der Waals surface area contributed by atoms with Crippen molar-refractivity contribution in [2.24, 2.45) is 0 Å². The van der Waals surface area contributed by atoms with Crippen molar-refractivity contribution in [3.63, 3.8) is 0 Å². The first-order chi connectivity index (χ1) is 15.1. The zero-order valence-electron chi connectivity index (χ0n) is 18.2. The number of rotatable bonds is 6. The topological polar surface area (TPSA) is 88.4 Å². The van der Waals surface area contributed by atoms with Crippen molar-refractivity contribution < 1.29 is 38.3 Å². The van der Waals surface area contributed by atoms with E-state index < -0.39 is 41.7 Å². The molecule has 0 unspecified atom stereocenters. The molecule has 6 nitrogen and oxygen atoms in total. The van der Waals surface area contributed by atoms with Gasteiger partial charge < -0.3 is 29.5 Å². The second-order valence-electron chi connectivity index (χ2n) is 8.53. The Labute approximate surface area is 185 Å². The van der Waals surface area contributed by atoms with Gasteiger partial charge in [0.2, 0.25) is 5.79 Å². The Morgan fingerprint density at radius 1 is 1.16 bits per heavy atom. The van der Waals surface area contributed by atoms with Gasteiger partial charge >= 0.3 is 0 Å². The summed E-state index contributed by atoms with van der Waals surface area (Å²) in [6.07, 6.45) is -6.21. The van der Waals surface area contributed by atoms with Gasteiger partial charge in [0.05, 0.1) is 13.2 Å². The maximum atomic E-state index is 14.5. The van der Waals surface area contributed by atoms with Gasteiger partial charge in [0.25, 0.3) is 0 Å². The zero-order chi connectivity index (χ0) is 23.3. The molecule has 32 heavy (non-hydrogen) atoms. The first-order valence-electron chi connectivity index (χ1n) is 10.7. The molecule has 2 aliphatic heterocycles. The molecule has 0 aromatic heterocycles. The lowest BCUT2D eigenvalue weighted by molar-refractivity contribution is -0.333. The molecule has 0 amide bonds. The Bertz CT molecular complexity index is 998. The second kappa shape index (κ2) is 8.35. The number of halogens is 2. The van der Waals surface area contributed by atoms with Crippen LogP contribution in [0.5, 0.6) is 5.75 Å². The van der Waals surface area contributed by atoms with Gasteiger partial charge in [-0.2, -0.15) is 0 Å². The molecule has 2 bridgehead atoms. The summed E-state index contributed by atoms with van der Waals surface area (Å²) in [6.45, 7) is 4.92. The number of fused-ring (bicyclic) bond motifs is 2. The molecule has 2 aliphatic rings. The van der Waals surface area contributed by atoms with E-state index in [0.29, 0.717) is 24.2 Å². The molecule has 2 saturated heterocycles. The Morgan fingerprint density at radius 2 is 1.91 bits per heavy atom. The minimum absolute atomic E-state index is 0.183. The van der Waals surface area contributed by atoms with Gasteiger partial charge in [-0.1, -0.05) is 18.2 Å². The van der Waals surface area contributed by atoms with E-state index >= 15 is 0 Å². The van der Waals surface area contributed by atoms with E-state index in [4.69, 9.17) is 14.2 Å². The molecule has 2 aromatic carbocycles. The lowest BCUT2D eigenvalue weighted by atomic mass is 9.81. The van der Waals surface area contributed by atoms with Gasteiger partial charge in [0.1, 0.15) is 24.5 Å². The van der Waals surface area contributed by atoms with E-state index in [1.807, 2.05) is 6.92 Å². The molecule has 6 atom stereocenters. The normalized spacial score (nSPS) is 32.7. The van der Waals surface area contributed by atoms with E-state index in [0.717, 1.165) is 11.1 Å². The SMILES string of the molecule is CCOc1ccc(Cc2cc([C@]34OC[C@]([C@@H](C)F)(O3)[C@@H](O)[C@H](O)[C@H]4O)ccc2C)cc1F. The number of hydrogen-bond donors (Lipinski definition) is 3. The molecule has 2 aromatic rings. The molecule has 0 radical (unpaired) electrons. The largest absolute Gasteiger partial charge is 0.491 e. The summed E-state index contributed by atoms with van der Waals surface area (Å²) in [4.78, 5) is 0. The molecule has 4 rings (SSSR count). The number of aryl methyl sites for hydroxylation is 1. The van der Waals surface area contributed by atoms with Crippen molar-refractivity contribution in [2.75, 3.05) is 13.2 Å². The van der Waals surface area contributed by atoms with Gasteiger partial charge in [0.15, 0.2) is 17.2 Å². The first-order valence-corrected chi connectivity index (χ1v) is 10.7. The van der Waals surface area contributed by atoms with Crippen LogP contribution in [0, 0.1) is 12.7 Å². The number of benzene rings is 2. The summed E-state index contributed by atoms with van der Waals surface area (Å²) in [5.74, 6) is -2.10. The molecule has 0 aliphatic carbocycles. The van der Waals surface area contributed by atoms with Crippen LogP contribution in [0.2, 0.25) is 0 Å². The van der Waals surface area contributed by atoms with Crippen LogP contribution in [0.25, 0.3) is 0 Å². The van der Waals surface area contributed by atoms with Crippen LogP contribution >= 0.6 is 0 Å². The third-order valence-corrected chi connectivity index (χ3v) is 6.51. The number of hydrogen-bond acceptors (Lipinski definition) is 6. The van der Waals surface area contributed by atoms with Gasteiger partial charge in [-0.3, -0.25) is 0 Å². The van der Waals surface area contributed by atoms with Crippen LogP contribution in [-0.4, -0.2) is 58.6 Å². The van der Waals surface area contributed by atoms with E-state index in [2.05, 4.69) is 0 Å². The lowest BCUT2D eigenvalue weighted by Crippen LogP contribution is -2.67. The number of alkyl halides is 1. The van der Waals surface area contributed by atoms with Crippen LogP contribution < -0.4 is 4.74 Å². The molecule has 8 heteroatoms. The maximum absolute atomic E-state index is 14.5. The summed E-state index contributed by atoms with van der Waals surface area (Å²) < 4.78 is 45.7. The molecule has 174 valence electrons. The third-order valence-electron chi connectivity index (χ3n) is 6.51. The highest BCUT2D eigenvalue weighted by atomic mass is 19.1. The molecule has 0 saturated carbocycles. The Hall–Kier alpha value is -2.10. The summed E-state index contributed by atoms with van der Waals surface area (Å²) in [5.41, 5.74) is 1.02. The fourth-order valence-electron chi connectivity index (χ4n) is 4.51. The quantitative estimate of drug-likeness (QED) is 0.627. The maximum Gasteiger partial charge on any atom is 0.225 e. The van der Waals surface area contributed by atoms with E-state index in [9.17, 15) is 24.1 Å². The summed E-state index contributed by atoms with van der Waals surface area (Å²) in [6, 6.07) is 9.95. The third kappa shape index (κ3) is 3.50. The van der Waals surface area contributed by atoms with Crippen molar-refractivity contribution in [1.29, 1.82) is 0 Å². The average molecular weight is 450 g/mol. The molecule has 2 fully saturated rings. The fourth-order valence-corrected chi connectivity index (χ4v) is 4.51. The predicted octanol–water partition coefficient (Wildman–Crippen LogP) is 2.52. The molecule has 2 heterocycles. The Morgan fingerprint density at radius 3 is 2.56 bits per heavy atom. The lowest BCUT2D eigenvalue weighted by Gasteiger charge is -2.47. The van der Waals surface area contributed by atoms with Gasteiger partial charge in [-0.15, -0.1) is 0 Å². The fraction of sp³-hybridized carbons (Fsp3) is 0.500. The average Bonchev–Trinajstić information content (AvgIpc) is 3.16. The van der Waals surface area contributed by atoms with Crippen molar-refractivity contribution in [2.45, 2.75) is 63.1 Å². The number of aliphatic hydroxyl groups excluding tert-OH is 3. The molecular weight excluding hydrogens is 422 g/mol. The minimum atomic E-state index is -1.83. The van der Waals surface area contributed by atoms with Gasteiger partial charge in [0, 0.05) is 5.56 Å². The predicted molar refractivity (Wildman–Crippen MR) is 112 cm³/mol. The second-order valence-corrected chi connectivity index (χ2v) is 8.53. The van der Waals surface area contributed by atoms with Crippen LogP contribution in [0.3, 0.4) is 0 Å². The summed E-state index contributed by atoms with van der Waals surface area (Å²) in [7, 11) is 0. The zero-order valence-corrected chi connectivity index (χ0v) is 18.2.